The van der Waals surface area contributed by atoms with E-state index in [0.717, 1.165) is 6.54 Å². The molecule has 0 aromatic carbocycles. The first kappa shape index (κ1) is 11.2. The molecule has 1 atom stereocenters. The lowest BCUT2D eigenvalue weighted by molar-refractivity contribution is -0.142. The molecule has 0 aliphatic heterocycles. The van der Waals surface area contributed by atoms with Crippen molar-refractivity contribution in [3.8, 4) is 0 Å². The smallest absolute Gasteiger partial charge is 0.322 e. The molecule has 0 aliphatic rings. The molecule has 0 fully saturated rings. The fourth-order valence-electron chi connectivity index (χ4n) is 1.09. The molecule has 1 heterocycles. The van der Waals surface area contributed by atoms with Gasteiger partial charge in [-0.2, -0.15) is 0 Å². The number of aryl methyl sites for hydroxylation is 1. The van der Waals surface area contributed by atoms with Crippen LogP contribution >= 0.6 is 11.3 Å². The number of thiophene rings is 1. The van der Waals surface area contributed by atoms with Gasteiger partial charge in [-0.1, -0.05) is 0 Å². The molecule has 1 aromatic heterocycles. The van der Waals surface area contributed by atoms with Crippen molar-refractivity contribution < 1.29 is 9.53 Å². The third kappa shape index (κ3) is 2.82. The Morgan fingerprint density at radius 3 is 2.93 bits per heavy atom. The molecule has 0 saturated carbocycles. The standard InChI is InChI=1S/C10H15NO2S/c1-7-4-5-14-9(7)6-11-8(2)10(12)13-3/h4-5,8,11H,6H2,1-3H3. The van der Waals surface area contributed by atoms with Crippen LogP contribution in [-0.2, 0) is 16.1 Å². The maximum Gasteiger partial charge on any atom is 0.322 e. The van der Waals surface area contributed by atoms with Gasteiger partial charge in [0.1, 0.15) is 6.04 Å². The maximum absolute atomic E-state index is 11.1. The molecule has 0 amide bonds. The van der Waals surface area contributed by atoms with Gasteiger partial charge in [0.2, 0.25) is 0 Å². The van der Waals surface area contributed by atoms with Gasteiger partial charge in [-0.05, 0) is 30.9 Å². The lowest BCUT2D eigenvalue weighted by Gasteiger charge is -2.10. The van der Waals surface area contributed by atoms with E-state index in [2.05, 4.69) is 28.4 Å². The van der Waals surface area contributed by atoms with Crippen LogP contribution in [0.15, 0.2) is 11.4 Å². The van der Waals surface area contributed by atoms with E-state index >= 15 is 0 Å². The van der Waals surface area contributed by atoms with E-state index in [0.29, 0.717) is 0 Å². The number of methoxy groups -OCH3 is 1. The van der Waals surface area contributed by atoms with Crippen LogP contribution in [0, 0.1) is 6.92 Å². The average molecular weight is 213 g/mol. The number of carbonyl (C=O) groups is 1. The second-order valence-corrected chi connectivity index (χ2v) is 4.15. The molecule has 0 saturated heterocycles. The van der Waals surface area contributed by atoms with Crippen molar-refractivity contribution in [2.75, 3.05) is 7.11 Å². The summed E-state index contributed by atoms with van der Waals surface area (Å²) in [6.45, 7) is 4.59. The highest BCUT2D eigenvalue weighted by molar-refractivity contribution is 7.10. The number of hydrogen-bond donors (Lipinski definition) is 1. The van der Waals surface area contributed by atoms with E-state index in [1.54, 1.807) is 18.3 Å². The largest absolute Gasteiger partial charge is 0.468 e. The van der Waals surface area contributed by atoms with E-state index in [-0.39, 0.29) is 12.0 Å². The van der Waals surface area contributed by atoms with Gasteiger partial charge < -0.3 is 4.74 Å². The molecule has 0 bridgehead atoms. The normalized spacial score (nSPS) is 12.5. The van der Waals surface area contributed by atoms with Gasteiger partial charge in [0.05, 0.1) is 7.11 Å². The SMILES string of the molecule is COC(=O)C(C)NCc1sccc1C. The van der Waals surface area contributed by atoms with Crippen molar-refractivity contribution in [1.82, 2.24) is 5.32 Å². The highest BCUT2D eigenvalue weighted by Crippen LogP contribution is 2.14. The average Bonchev–Trinajstić information content (AvgIpc) is 2.59. The molecule has 0 spiro atoms. The summed E-state index contributed by atoms with van der Waals surface area (Å²) in [6, 6.07) is 1.83. The third-order valence-electron chi connectivity index (χ3n) is 2.09. The summed E-state index contributed by atoms with van der Waals surface area (Å²) in [5.74, 6) is -0.223. The highest BCUT2D eigenvalue weighted by atomic mass is 32.1. The van der Waals surface area contributed by atoms with Gasteiger partial charge in [0, 0.05) is 11.4 Å². The van der Waals surface area contributed by atoms with Crippen LogP contribution in [0.3, 0.4) is 0 Å². The highest BCUT2D eigenvalue weighted by Gasteiger charge is 2.12. The molecular formula is C10H15NO2S. The van der Waals surface area contributed by atoms with E-state index in [9.17, 15) is 4.79 Å². The van der Waals surface area contributed by atoms with Crippen molar-refractivity contribution in [3.05, 3.63) is 21.9 Å². The number of rotatable bonds is 4. The second-order valence-electron chi connectivity index (χ2n) is 3.15. The van der Waals surface area contributed by atoms with Crippen LogP contribution in [-0.4, -0.2) is 19.1 Å². The Labute approximate surface area is 88.1 Å². The minimum Gasteiger partial charge on any atom is -0.468 e. The molecule has 0 radical (unpaired) electrons. The summed E-state index contributed by atoms with van der Waals surface area (Å²) in [6.07, 6.45) is 0. The molecule has 0 aliphatic carbocycles. The molecule has 1 aromatic rings. The van der Waals surface area contributed by atoms with Crippen LogP contribution in [0.4, 0.5) is 0 Å². The Kier molecular flexibility index (Phi) is 4.10. The van der Waals surface area contributed by atoms with Gasteiger partial charge in [-0.25, -0.2) is 0 Å². The van der Waals surface area contributed by atoms with Gasteiger partial charge in [-0.3, -0.25) is 10.1 Å². The van der Waals surface area contributed by atoms with Crippen LogP contribution < -0.4 is 5.32 Å². The van der Waals surface area contributed by atoms with Crippen LogP contribution in [0.1, 0.15) is 17.4 Å². The Bertz CT molecular complexity index is 309. The first-order valence-electron chi connectivity index (χ1n) is 4.49. The third-order valence-corrected chi connectivity index (χ3v) is 3.11. The first-order chi connectivity index (χ1) is 6.65. The molecule has 3 nitrogen and oxygen atoms in total. The van der Waals surface area contributed by atoms with Crippen molar-refractivity contribution in [2.24, 2.45) is 0 Å². The topological polar surface area (TPSA) is 38.3 Å². The molecule has 14 heavy (non-hydrogen) atoms. The van der Waals surface area contributed by atoms with Gasteiger partial charge in [-0.15, -0.1) is 11.3 Å². The molecule has 78 valence electrons. The number of esters is 1. The zero-order chi connectivity index (χ0) is 10.6. The number of carbonyl (C=O) groups excluding carboxylic acids is 1. The minimum atomic E-state index is -0.249. The summed E-state index contributed by atoms with van der Waals surface area (Å²) >= 11 is 1.70. The summed E-state index contributed by atoms with van der Waals surface area (Å²) in [5, 5.41) is 5.16. The lowest BCUT2D eigenvalue weighted by atomic mass is 10.2. The molecule has 1 rings (SSSR count). The predicted molar refractivity (Wildman–Crippen MR) is 57.4 cm³/mol. The molecule has 1 N–H and O–H groups in total. The molecule has 4 heteroatoms. The minimum absolute atomic E-state index is 0.223. The van der Waals surface area contributed by atoms with Gasteiger partial charge in [0.25, 0.3) is 0 Å². The van der Waals surface area contributed by atoms with Crippen molar-refractivity contribution >= 4 is 17.3 Å². The van der Waals surface area contributed by atoms with Crippen molar-refractivity contribution in [1.29, 1.82) is 0 Å². The van der Waals surface area contributed by atoms with Crippen LogP contribution in [0.2, 0.25) is 0 Å². The molecule has 1 unspecified atom stereocenters. The Balaban J connectivity index is 2.41. The number of nitrogens with one attached hydrogen (secondary N) is 1. The van der Waals surface area contributed by atoms with Gasteiger partial charge in [0.15, 0.2) is 0 Å². The zero-order valence-electron chi connectivity index (χ0n) is 8.66. The van der Waals surface area contributed by atoms with Crippen LogP contribution in [0.25, 0.3) is 0 Å². The van der Waals surface area contributed by atoms with E-state index in [4.69, 9.17) is 0 Å². The quantitative estimate of drug-likeness (QED) is 0.774. The summed E-state index contributed by atoms with van der Waals surface area (Å²) in [7, 11) is 1.40. The Morgan fingerprint density at radius 1 is 1.71 bits per heavy atom. The Hall–Kier alpha value is -0.870. The summed E-state index contributed by atoms with van der Waals surface area (Å²) in [4.78, 5) is 12.3. The van der Waals surface area contributed by atoms with E-state index in [1.165, 1.54) is 17.6 Å². The monoisotopic (exact) mass is 213 g/mol. The van der Waals surface area contributed by atoms with Crippen molar-refractivity contribution in [2.45, 2.75) is 26.4 Å². The summed E-state index contributed by atoms with van der Waals surface area (Å²) in [5.41, 5.74) is 1.26. The van der Waals surface area contributed by atoms with Crippen LogP contribution in [0.5, 0.6) is 0 Å². The lowest BCUT2D eigenvalue weighted by Crippen LogP contribution is -2.34. The van der Waals surface area contributed by atoms with Crippen molar-refractivity contribution in [3.63, 3.8) is 0 Å². The second kappa shape index (κ2) is 5.12. The maximum atomic E-state index is 11.1. The number of ether oxygens (including phenoxy) is 1. The summed E-state index contributed by atoms with van der Waals surface area (Å²) < 4.78 is 4.61. The first-order valence-corrected chi connectivity index (χ1v) is 5.37. The zero-order valence-corrected chi connectivity index (χ0v) is 9.48. The Morgan fingerprint density at radius 2 is 2.43 bits per heavy atom. The van der Waals surface area contributed by atoms with Gasteiger partial charge >= 0.3 is 5.97 Å². The van der Waals surface area contributed by atoms with E-state index < -0.39 is 0 Å². The predicted octanol–water partition coefficient (Wildman–Crippen LogP) is 1.71. The fraction of sp³-hybridized carbons (Fsp3) is 0.500. The number of hydrogen-bond acceptors (Lipinski definition) is 4. The van der Waals surface area contributed by atoms with E-state index in [1.807, 2.05) is 0 Å². The molecular weight excluding hydrogens is 198 g/mol. The fourth-order valence-corrected chi connectivity index (χ4v) is 1.95.